The Morgan fingerprint density at radius 1 is 1.03 bits per heavy atom. The van der Waals surface area contributed by atoms with E-state index in [0.717, 1.165) is 0 Å². The molecule has 0 radical (unpaired) electrons. The van der Waals surface area contributed by atoms with Gasteiger partial charge in [-0.25, -0.2) is 0 Å². The Morgan fingerprint density at radius 3 is 2.37 bits per heavy atom. The van der Waals surface area contributed by atoms with Crippen LogP contribution in [0.2, 0.25) is 0 Å². The van der Waals surface area contributed by atoms with Crippen molar-refractivity contribution in [3.63, 3.8) is 0 Å². The van der Waals surface area contributed by atoms with Crippen molar-refractivity contribution in [3.05, 3.63) is 29.8 Å². The van der Waals surface area contributed by atoms with Gasteiger partial charge in [-0.05, 0) is 45.7 Å². The van der Waals surface area contributed by atoms with Crippen LogP contribution in [0.15, 0.2) is 24.3 Å². The molecule has 1 aromatic rings. The van der Waals surface area contributed by atoms with E-state index in [1.165, 1.54) is 0 Å². The fourth-order valence-electron chi connectivity index (χ4n) is 4.24. The predicted octanol–water partition coefficient (Wildman–Crippen LogP) is 2.59. The van der Waals surface area contributed by atoms with Crippen LogP contribution in [0.25, 0.3) is 0 Å². The Balaban J connectivity index is 1.55. The highest BCUT2D eigenvalue weighted by atomic mass is 16.5. The molecule has 166 valence electrons. The van der Waals surface area contributed by atoms with Crippen molar-refractivity contribution < 1.29 is 23.8 Å². The van der Waals surface area contributed by atoms with E-state index >= 15 is 0 Å². The second-order valence-electron chi connectivity index (χ2n) is 8.11. The molecule has 0 saturated carbocycles. The Morgan fingerprint density at radius 2 is 1.70 bits per heavy atom. The summed E-state index contributed by atoms with van der Waals surface area (Å²) >= 11 is 0. The topological polar surface area (TPSA) is 68.3 Å². The van der Waals surface area contributed by atoms with E-state index < -0.39 is 0 Å². The third-order valence-electron chi connectivity index (χ3n) is 5.67. The third kappa shape index (κ3) is 5.73. The van der Waals surface area contributed by atoms with Crippen LogP contribution in [0.5, 0.6) is 5.75 Å². The number of hydrogen-bond donors (Lipinski definition) is 0. The average molecular weight is 419 g/mol. The minimum absolute atomic E-state index is 0.0239. The zero-order valence-electron chi connectivity index (χ0n) is 18.3. The lowest BCUT2D eigenvalue weighted by Crippen LogP contribution is -2.51. The molecule has 30 heavy (non-hydrogen) atoms. The molecule has 3 rings (SSSR count). The Labute approximate surface area is 179 Å². The Bertz CT molecular complexity index is 707. The van der Waals surface area contributed by atoms with E-state index in [1.807, 2.05) is 48.8 Å². The first kappa shape index (κ1) is 22.6. The van der Waals surface area contributed by atoms with Crippen LogP contribution in [-0.2, 0) is 14.3 Å². The van der Waals surface area contributed by atoms with Crippen molar-refractivity contribution in [2.45, 2.75) is 45.8 Å². The molecule has 2 aliphatic heterocycles. The first-order valence-electron chi connectivity index (χ1n) is 11.0. The molecular formula is C23H34N2O5. The van der Waals surface area contributed by atoms with E-state index in [9.17, 15) is 9.59 Å². The number of ether oxygens (including phenoxy) is 3. The molecule has 2 aliphatic rings. The van der Waals surface area contributed by atoms with Crippen LogP contribution in [0, 0.1) is 5.92 Å². The number of para-hydroxylation sites is 1. The fraction of sp³-hybridized carbons (Fsp3) is 0.652. The molecule has 2 amide bonds. The third-order valence-corrected chi connectivity index (χ3v) is 5.67. The molecule has 7 heteroatoms. The van der Waals surface area contributed by atoms with E-state index in [4.69, 9.17) is 14.2 Å². The Hall–Kier alpha value is -2.12. The van der Waals surface area contributed by atoms with Gasteiger partial charge in [0.05, 0.1) is 24.4 Å². The van der Waals surface area contributed by atoms with Crippen molar-refractivity contribution in [1.29, 1.82) is 0 Å². The molecule has 7 nitrogen and oxygen atoms in total. The van der Waals surface area contributed by atoms with Gasteiger partial charge in [0.2, 0.25) is 5.91 Å². The van der Waals surface area contributed by atoms with Crippen molar-refractivity contribution in [2.75, 3.05) is 46.0 Å². The number of amides is 2. The van der Waals surface area contributed by atoms with Crippen molar-refractivity contribution >= 4 is 11.8 Å². The monoisotopic (exact) mass is 418 g/mol. The molecule has 2 unspecified atom stereocenters. The first-order chi connectivity index (χ1) is 14.5. The number of morpholine rings is 1. The van der Waals surface area contributed by atoms with E-state index in [1.54, 1.807) is 6.07 Å². The summed E-state index contributed by atoms with van der Waals surface area (Å²) in [6.07, 6.45) is 1.52. The smallest absolute Gasteiger partial charge is 0.257 e. The van der Waals surface area contributed by atoms with Crippen molar-refractivity contribution in [1.82, 2.24) is 9.80 Å². The molecule has 0 bridgehead atoms. The summed E-state index contributed by atoms with van der Waals surface area (Å²) in [5, 5.41) is 0. The summed E-state index contributed by atoms with van der Waals surface area (Å²) in [7, 11) is 0. The number of hydrogen-bond acceptors (Lipinski definition) is 5. The van der Waals surface area contributed by atoms with Crippen molar-refractivity contribution in [2.24, 2.45) is 5.92 Å². The molecule has 0 aliphatic carbocycles. The van der Waals surface area contributed by atoms with Crippen molar-refractivity contribution in [3.8, 4) is 5.75 Å². The van der Waals surface area contributed by atoms with Gasteiger partial charge in [0.1, 0.15) is 12.4 Å². The summed E-state index contributed by atoms with van der Waals surface area (Å²) in [6.45, 7) is 9.94. The number of carbonyl (C=O) groups excluding carboxylic acids is 2. The van der Waals surface area contributed by atoms with Gasteiger partial charge in [-0.2, -0.15) is 0 Å². The van der Waals surface area contributed by atoms with Crippen LogP contribution in [0.4, 0.5) is 0 Å². The Kier molecular flexibility index (Phi) is 8.10. The minimum atomic E-state index is -0.0403. The highest BCUT2D eigenvalue weighted by Crippen LogP contribution is 2.26. The SMILES string of the molecule is CCOCCOc1ccccc1C(=O)N1CCC(C(=O)N2CC(C)OC(C)C2)CC1. The lowest BCUT2D eigenvalue weighted by Gasteiger charge is -2.39. The zero-order valence-corrected chi connectivity index (χ0v) is 18.3. The molecule has 0 N–H and O–H groups in total. The van der Waals surface area contributed by atoms with Crippen LogP contribution >= 0.6 is 0 Å². The second-order valence-corrected chi connectivity index (χ2v) is 8.11. The maximum Gasteiger partial charge on any atom is 0.257 e. The molecule has 2 fully saturated rings. The lowest BCUT2D eigenvalue weighted by atomic mass is 9.94. The first-order valence-corrected chi connectivity index (χ1v) is 11.0. The zero-order chi connectivity index (χ0) is 21.5. The summed E-state index contributed by atoms with van der Waals surface area (Å²) in [4.78, 5) is 29.8. The number of likely N-dealkylation sites (tertiary alicyclic amines) is 1. The number of piperidine rings is 1. The van der Waals surface area contributed by atoms with Gasteiger partial charge >= 0.3 is 0 Å². The molecular weight excluding hydrogens is 384 g/mol. The molecule has 2 saturated heterocycles. The van der Waals surface area contributed by atoms with Gasteiger partial charge in [-0.15, -0.1) is 0 Å². The fourth-order valence-corrected chi connectivity index (χ4v) is 4.24. The van der Waals surface area contributed by atoms with Gasteiger partial charge in [0, 0.05) is 38.7 Å². The normalized spacial score (nSPS) is 22.8. The molecule has 0 spiro atoms. The minimum Gasteiger partial charge on any atom is -0.490 e. The van der Waals surface area contributed by atoms with Crippen LogP contribution in [0.1, 0.15) is 44.0 Å². The molecule has 2 heterocycles. The average Bonchev–Trinajstić information content (AvgIpc) is 2.75. The quantitative estimate of drug-likeness (QED) is 0.637. The number of rotatable bonds is 7. The predicted molar refractivity (Wildman–Crippen MR) is 114 cm³/mol. The summed E-state index contributed by atoms with van der Waals surface area (Å²) in [6, 6.07) is 7.32. The van der Waals surface area contributed by atoms with E-state index in [0.29, 0.717) is 70.2 Å². The van der Waals surface area contributed by atoms with E-state index in [-0.39, 0.29) is 29.9 Å². The highest BCUT2D eigenvalue weighted by molar-refractivity contribution is 5.97. The van der Waals surface area contributed by atoms with Gasteiger partial charge < -0.3 is 24.0 Å². The second kappa shape index (κ2) is 10.8. The summed E-state index contributed by atoms with van der Waals surface area (Å²) < 4.78 is 16.8. The maximum atomic E-state index is 13.1. The van der Waals surface area contributed by atoms with Gasteiger partial charge in [0.25, 0.3) is 5.91 Å². The molecule has 1 aromatic carbocycles. The summed E-state index contributed by atoms with van der Waals surface area (Å²) in [5.74, 6) is 0.714. The van der Waals surface area contributed by atoms with Crippen LogP contribution in [-0.4, -0.2) is 79.8 Å². The maximum absolute atomic E-state index is 13.1. The van der Waals surface area contributed by atoms with E-state index in [2.05, 4.69) is 0 Å². The summed E-state index contributed by atoms with van der Waals surface area (Å²) in [5.41, 5.74) is 0.564. The highest BCUT2D eigenvalue weighted by Gasteiger charge is 2.34. The van der Waals surface area contributed by atoms with Gasteiger partial charge in [-0.3, -0.25) is 9.59 Å². The van der Waals surface area contributed by atoms with Gasteiger partial charge in [-0.1, -0.05) is 12.1 Å². The van der Waals surface area contributed by atoms with Crippen LogP contribution in [0.3, 0.4) is 0 Å². The van der Waals surface area contributed by atoms with Crippen LogP contribution < -0.4 is 4.74 Å². The molecule has 0 aromatic heterocycles. The standard InChI is InChI=1S/C23H34N2O5/c1-4-28-13-14-29-21-8-6-5-7-20(21)23(27)24-11-9-19(10-12-24)22(26)25-15-17(2)30-18(3)16-25/h5-8,17-19H,4,9-16H2,1-3H3. The number of nitrogens with zero attached hydrogens (tertiary/aromatic N) is 2. The number of benzene rings is 1. The van der Waals surface area contributed by atoms with Gasteiger partial charge in [0.15, 0.2) is 0 Å². The lowest BCUT2D eigenvalue weighted by molar-refractivity contribution is -0.148. The number of carbonyl (C=O) groups is 2. The molecule has 2 atom stereocenters. The largest absolute Gasteiger partial charge is 0.490 e.